The first-order valence-electron chi connectivity index (χ1n) is 16.3. The molecule has 9 heteroatoms. The molecule has 1 N–H and O–H groups in total. The average Bonchev–Trinajstić information content (AvgIpc) is 3.11. The highest BCUT2D eigenvalue weighted by molar-refractivity contribution is 5.69. The van der Waals surface area contributed by atoms with Crippen molar-refractivity contribution < 1.29 is 19.4 Å². The first-order valence-corrected chi connectivity index (χ1v) is 16.3. The Morgan fingerprint density at radius 3 is 2.09 bits per heavy atom. The monoisotopic (exact) mass is 621 g/mol. The van der Waals surface area contributed by atoms with Gasteiger partial charge in [-0.15, -0.1) is 0 Å². The first kappa shape index (κ1) is 31.4. The van der Waals surface area contributed by atoms with Crippen LogP contribution in [0.5, 0.6) is 11.8 Å². The maximum atomic E-state index is 11.2. The van der Waals surface area contributed by atoms with Gasteiger partial charge >= 0.3 is 6.09 Å². The zero-order chi connectivity index (χ0) is 31.7. The number of carbonyl (C=O) groups is 1. The summed E-state index contributed by atoms with van der Waals surface area (Å²) in [7, 11) is 2.20. The molecule has 2 aliphatic rings. The normalized spacial score (nSPS) is 16.0. The van der Waals surface area contributed by atoms with Crippen LogP contribution in [0.2, 0.25) is 0 Å². The molecule has 9 nitrogen and oxygen atoms in total. The Morgan fingerprint density at radius 1 is 0.826 bits per heavy atom. The van der Waals surface area contributed by atoms with E-state index < -0.39 is 6.09 Å². The molecule has 2 aromatic heterocycles. The molecule has 4 aromatic rings. The molecule has 2 fully saturated rings. The number of piperidine rings is 2. The van der Waals surface area contributed by atoms with Crippen LogP contribution in [-0.4, -0.2) is 76.8 Å². The summed E-state index contributed by atoms with van der Waals surface area (Å²) in [4.78, 5) is 27.2. The Kier molecular flexibility index (Phi) is 10.3. The predicted molar refractivity (Wildman–Crippen MR) is 179 cm³/mol. The third kappa shape index (κ3) is 8.14. The van der Waals surface area contributed by atoms with Gasteiger partial charge in [0.2, 0.25) is 11.8 Å². The second-order valence-electron chi connectivity index (χ2n) is 12.3. The van der Waals surface area contributed by atoms with E-state index in [4.69, 9.17) is 19.4 Å². The first-order chi connectivity index (χ1) is 22.5. The van der Waals surface area contributed by atoms with Crippen molar-refractivity contribution in [1.82, 2.24) is 19.8 Å². The summed E-state index contributed by atoms with van der Waals surface area (Å²) >= 11 is 0. The van der Waals surface area contributed by atoms with E-state index in [1.165, 1.54) is 4.90 Å². The molecular formula is C37H43N5O4. The van der Waals surface area contributed by atoms with Crippen LogP contribution in [0.25, 0.3) is 11.1 Å². The molecule has 2 saturated heterocycles. The van der Waals surface area contributed by atoms with E-state index >= 15 is 0 Å². The summed E-state index contributed by atoms with van der Waals surface area (Å²) in [5, 5.41) is 9.24. The maximum absolute atomic E-state index is 11.2. The Hall–Kier alpha value is -4.63. The number of likely N-dealkylation sites (tertiary alicyclic amines) is 1. The number of amides is 1. The third-order valence-corrected chi connectivity index (χ3v) is 9.18. The molecule has 2 aliphatic heterocycles. The molecule has 0 atom stereocenters. The van der Waals surface area contributed by atoms with Crippen LogP contribution < -0.4 is 14.4 Å². The summed E-state index contributed by atoms with van der Waals surface area (Å²) in [6.07, 6.45) is 5.17. The number of aromatic nitrogens is 2. The van der Waals surface area contributed by atoms with Crippen molar-refractivity contribution >= 4 is 11.9 Å². The van der Waals surface area contributed by atoms with E-state index in [0.29, 0.717) is 50.0 Å². The number of pyridine rings is 2. The lowest BCUT2D eigenvalue weighted by Gasteiger charge is -2.39. The second-order valence-corrected chi connectivity index (χ2v) is 12.3. The predicted octanol–water partition coefficient (Wildman–Crippen LogP) is 6.59. The summed E-state index contributed by atoms with van der Waals surface area (Å²) in [6.45, 7) is 5.11. The van der Waals surface area contributed by atoms with E-state index in [-0.39, 0.29) is 0 Å². The van der Waals surface area contributed by atoms with Gasteiger partial charge in [0.1, 0.15) is 19.0 Å². The number of hydrogen-bond acceptors (Lipinski definition) is 7. The van der Waals surface area contributed by atoms with Crippen molar-refractivity contribution in [3.63, 3.8) is 0 Å². The molecule has 0 unspecified atom stereocenters. The zero-order valence-corrected chi connectivity index (χ0v) is 26.5. The zero-order valence-electron chi connectivity index (χ0n) is 26.5. The molecule has 2 aromatic carbocycles. The average molecular weight is 622 g/mol. The molecule has 0 bridgehead atoms. The molecule has 1 amide bonds. The summed E-state index contributed by atoms with van der Waals surface area (Å²) in [5.74, 6) is 2.65. The molecule has 0 radical (unpaired) electrons. The fourth-order valence-corrected chi connectivity index (χ4v) is 6.42. The number of ether oxygens (including phenoxy) is 2. The molecule has 0 aliphatic carbocycles. The van der Waals surface area contributed by atoms with Crippen molar-refractivity contribution in [2.45, 2.75) is 44.9 Å². The Balaban J connectivity index is 1.07. The van der Waals surface area contributed by atoms with E-state index in [1.54, 1.807) is 0 Å². The number of rotatable bonds is 11. The molecule has 46 heavy (non-hydrogen) atoms. The fraction of sp³-hybridized carbons (Fsp3) is 0.378. The highest BCUT2D eigenvalue weighted by Gasteiger charge is 2.28. The highest BCUT2D eigenvalue weighted by Crippen LogP contribution is 2.33. The topological polar surface area (TPSA) is 91.3 Å². The Bertz CT molecular complexity index is 1540. The van der Waals surface area contributed by atoms with Crippen molar-refractivity contribution in [2.75, 3.05) is 44.7 Å². The van der Waals surface area contributed by atoms with Gasteiger partial charge in [0.15, 0.2) is 0 Å². The van der Waals surface area contributed by atoms with Crippen LogP contribution in [0, 0.1) is 5.92 Å². The van der Waals surface area contributed by atoms with Crippen LogP contribution in [0.15, 0.2) is 91.1 Å². The number of hydrogen-bond donors (Lipinski definition) is 1. The van der Waals surface area contributed by atoms with E-state index in [1.807, 2.05) is 79.0 Å². The number of benzene rings is 2. The van der Waals surface area contributed by atoms with Gasteiger partial charge in [-0.2, -0.15) is 4.98 Å². The van der Waals surface area contributed by atoms with Gasteiger partial charge in [-0.05, 0) is 68.0 Å². The minimum atomic E-state index is -0.800. The van der Waals surface area contributed by atoms with Crippen molar-refractivity contribution in [1.29, 1.82) is 0 Å². The number of anilines is 1. The molecule has 240 valence electrons. The molecular weight excluding hydrogens is 578 g/mol. The number of nitrogens with zero attached hydrogens (tertiary/aromatic N) is 5. The van der Waals surface area contributed by atoms with E-state index in [0.717, 1.165) is 73.4 Å². The molecule has 0 spiro atoms. The Labute approximate surface area is 271 Å². The van der Waals surface area contributed by atoms with Crippen LogP contribution in [-0.2, 0) is 13.2 Å². The van der Waals surface area contributed by atoms with Crippen LogP contribution in [0.1, 0.15) is 36.8 Å². The van der Waals surface area contributed by atoms with Gasteiger partial charge in [0, 0.05) is 62.2 Å². The molecule has 0 saturated carbocycles. The largest absolute Gasteiger partial charge is 0.473 e. The third-order valence-electron chi connectivity index (χ3n) is 9.18. The molecule has 6 rings (SSSR count). The standard InChI is InChI=1S/C37H43N5O4/c1-40(32-18-22-42(23-19-32)37(43)44)25-28-16-20-41(21-17-28)34-14-12-31(24-38-34)33-13-15-35(45-26-29-8-4-2-5-9-29)39-36(33)46-27-30-10-6-3-7-11-30/h2-15,24,28,32H,16-23,25-27H2,1H3,(H,43,44). The second kappa shape index (κ2) is 15.1. The molecule has 4 heterocycles. The van der Waals surface area contributed by atoms with E-state index in [2.05, 4.69) is 29.0 Å². The lowest BCUT2D eigenvalue weighted by atomic mass is 9.94. The maximum Gasteiger partial charge on any atom is 0.407 e. The quantitative estimate of drug-likeness (QED) is 0.201. The van der Waals surface area contributed by atoms with E-state index in [9.17, 15) is 9.90 Å². The highest BCUT2D eigenvalue weighted by atomic mass is 16.5. The van der Waals surface area contributed by atoms with Crippen LogP contribution in [0.3, 0.4) is 0 Å². The van der Waals surface area contributed by atoms with Gasteiger partial charge in [-0.25, -0.2) is 9.78 Å². The van der Waals surface area contributed by atoms with Crippen LogP contribution >= 0.6 is 0 Å². The van der Waals surface area contributed by atoms with Crippen molar-refractivity contribution in [3.8, 4) is 22.9 Å². The summed E-state index contributed by atoms with van der Waals surface area (Å²) in [5.41, 5.74) is 3.96. The van der Waals surface area contributed by atoms with Gasteiger partial charge in [0.25, 0.3) is 0 Å². The van der Waals surface area contributed by atoms with Gasteiger partial charge in [-0.3, -0.25) is 0 Å². The number of carboxylic acid groups (broad SMARTS) is 1. The minimum Gasteiger partial charge on any atom is -0.473 e. The SMILES string of the molecule is CN(CC1CCN(c2ccc(-c3ccc(OCc4ccccc4)nc3OCc3ccccc3)cn2)CC1)C1CCN(C(=O)O)CC1. The smallest absolute Gasteiger partial charge is 0.407 e. The van der Waals surface area contributed by atoms with Crippen LogP contribution in [0.4, 0.5) is 10.6 Å². The fourth-order valence-electron chi connectivity index (χ4n) is 6.42. The lowest BCUT2D eigenvalue weighted by Crippen LogP contribution is -2.47. The summed E-state index contributed by atoms with van der Waals surface area (Å²) in [6, 6.07) is 28.7. The van der Waals surface area contributed by atoms with Gasteiger partial charge < -0.3 is 29.3 Å². The van der Waals surface area contributed by atoms with Crippen molar-refractivity contribution in [3.05, 3.63) is 102 Å². The Morgan fingerprint density at radius 2 is 1.48 bits per heavy atom. The van der Waals surface area contributed by atoms with Gasteiger partial charge in [-0.1, -0.05) is 60.7 Å². The van der Waals surface area contributed by atoms with Gasteiger partial charge in [0.05, 0.1) is 0 Å². The van der Waals surface area contributed by atoms with Crippen molar-refractivity contribution in [2.24, 2.45) is 5.92 Å². The minimum absolute atomic E-state index is 0.403. The lowest BCUT2D eigenvalue weighted by molar-refractivity contribution is 0.0968. The summed E-state index contributed by atoms with van der Waals surface area (Å²) < 4.78 is 12.3.